The summed E-state index contributed by atoms with van der Waals surface area (Å²) in [5.74, 6) is 0.231. The number of hydrogen-bond donors (Lipinski definition) is 0. The van der Waals surface area contributed by atoms with Crippen molar-refractivity contribution in [3.8, 4) is 0 Å². The van der Waals surface area contributed by atoms with Crippen LogP contribution in [0.25, 0.3) is 0 Å². The van der Waals surface area contributed by atoms with Crippen LogP contribution < -0.4 is 0 Å². The average molecular weight is 306 g/mol. The largest absolute Gasteiger partial charge is 0.341 e. The second-order valence-electron chi connectivity index (χ2n) is 6.92. The van der Waals surface area contributed by atoms with Crippen LogP contribution in [0, 0.1) is 13.8 Å². The van der Waals surface area contributed by atoms with Crippen LogP contribution in [-0.4, -0.2) is 52.2 Å². The Labute approximate surface area is 134 Å². The molecule has 0 saturated carbocycles. The Kier molecular flexibility index (Phi) is 5.27. The lowest BCUT2D eigenvalue weighted by Gasteiger charge is -2.23. The minimum Gasteiger partial charge on any atom is -0.341 e. The molecule has 1 fully saturated rings. The monoisotopic (exact) mass is 306 g/mol. The Morgan fingerprint density at radius 1 is 1.41 bits per heavy atom. The highest BCUT2D eigenvalue weighted by Crippen LogP contribution is 2.21. The molecule has 1 aliphatic heterocycles. The topological polar surface area (TPSA) is 41.4 Å². The molecule has 0 bridgehead atoms. The lowest BCUT2D eigenvalue weighted by atomic mass is 10.1. The fourth-order valence-corrected chi connectivity index (χ4v) is 3.35. The first-order chi connectivity index (χ1) is 10.3. The van der Waals surface area contributed by atoms with Crippen molar-refractivity contribution in [2.45, 2.75) is 65.6 Å². The smallest absolute Gasteiger partial charge is 0.224 e. The summed E-state index contributed by atoms with van der Waals surface area (Å²) in [6, 6.07) is 0.760. The van der Waals surface area contributed by atoms with Gasteiger partial charge in [0.05, 0.1) is 5.69 Å². The zero-order chi connectivity index (χ0) is 16.4. The highest BCUT2D eigenvalue weighted by molar-refractivity contribution is 5.76. The van der Waals surface area contributed by atoms with Crippen LogP contribution in [0.1, 0.15) is 56.1 Å². The van der Waals surface area contributed by atoms with Gasteiger partial charge in [-0.2, -0.15) is 5.10 Å². The fraction of sp³-hybridized carbons (Fsp3) is 0.765. The van der Waals surface area contributed by atoms with Gasteiger partial charge in [0.1, 0.15) is 0 Å². The van der Waals surface area contributed by atoms with Crippen molar-refractivity contribution >= 4 is 5.91 Å². The molecule has 2 heterocycles. The van der Waals surface area contributed by atoms with Gasteiger partial charge in [0.2, 0.25) is 5.91 Å². The molecule has 0 aliphatic carbocycles. The van der Waals surface area contributed by atoms with Crippen molar-refractivity contribution in [1.82, 2.24) is 19.6 Å². The van der Waals surface area contributed by atoms with Crippen LogP contribution >= 0.6 is 0 Å². The van der Waals surface area contributed by atoms with Gasteiger partial charge in [0, 0.05) is 43.4 Å². The van der Waals surface area contributed by atoms with E-state index in [9.17, 15) is 4.79 Å². The second kappa shape index (κ2) is 6.82. The first-order valence-electron chi connectivity index (χ1n) is 8.30. The van der Waals surface area contributed by atoms with Gasteiger partial charge < -0.3 is 9.80 Å². The summed E-state index contributed by atoms with van der Waals surface area (Å²) in [5.41, 5.74) is 3.39. The highest BCUT2D eigenvalue weighted by atomic mass is 16.2. The molecule has 5 nitrogen and oxygen atoms in total. The van der Waals surface area contributed by atoms with E-state index in [0.29, 0.717) is 25.0 Å². The predicted octanol–water partition coefficient (Wildman–Crippen LogP) is 2.52. The highest BCUT2D eigenvalue weighted by Gasteiger charge is 2.25. The van der Waals surface area contributed by atoms with Gasteiger partial charge in [-0.15, -0.1) is 0 Å². The predicted molar refractivity (Wildman–Crippen MR) is 88.8 cm³/mol. The molecule has 1 amide bonds. The average Bonchev–Trinajstić information content (AvgIpc) is 2.97. The van der Waals surface area contributed by atoms with E-state index in [4.69, 9.17) is 0 Å². The molecule has 0 spiro atoms. The Balaban J connectivity index is 2.02. The van der Waals surface area contributed by atoms with Crippen molar-refractivity contribution in [2.24, 2.45) is 0 Å². The first-order valence-corrected chi connectivity index (χ1v) is 8.30. The normalized spacial score (nSPS) is 19.1. The number of aryl methyl sites for hydroxylation is 1. The van der Waals surface area contributed by atoms with E-state index in [-0.39, 0.29) is 5.91 Å². The van der Waals surface area contributed by atoms with Crippen molar-refractivity contribution in [1.29, 1.82) is 0 Å². The van der Waals surface area contributed by atoms with E-state index in [1.54, 1.807) is 0 Å². The summed E-state index contributed by atoms with van der Waals surface area (Å²) >= 11 is 0. The van der Waals surface area contributed by atoms with E-state index >= 15 is 0 Å². The lowest BCUT2D eigenvalue weighted by molar-refractivity contribution is -0.131. The molecule has 1 aromatic rings. The third kappa shape index (κ3) is 3.51. The summed E-state index contributed by atoms with van der Waals surface area (Å²) < 4.78 is 2.05. The molecular formula is C17H30N4O. The number of likely N-dealkylation sites (tertiary alicyclic amines) is 1. The molecule has 124 valence electrons. The number of rotatable bonds is 5. The Morgan fingerprint density at radius 2 is 2.09 bits per heavy atom. The quantitative estimate of drug-likeness (QED) is 0.839. The zero-order valence-corrected chi connectivity index (χ0v) is 14.9. The van der Waals surface area contributed by atoms with Crippen LogP contribution in [0.5, 0.6) is 0 Å². The number of amides is 1. The van der Waals surface area contributed by atoms with E-state index < -0.39 is 0 Å². The number of nitrogens with zero attached hydrogens (tertiary/aromatic N) is 4. The third-order valence-corrected chi connectivity index (χ3v) is 4.87. The molecule has 2 rings (SSSR count). The zero-order valence-electron chi connectivity index (χ0n) is 14.9. The summed E-state index contributed by atoms with van der Waals surface area (Å²) in [6.07, 6.45) is 2.97. The van der Waals surface area contributed by atoms with Crippen LogP contribution in [-0.2, 0) is 11.3 Å². The molecule has 5 heteroatoms. The minimum absolute atomic E-state index is 0.231. The fourth-order valence-electron chi connectivity index (χ4n) is 3.35. The van der Waals surface area contributed by atoms with Crippen LogP contribution in [0.4, 0.5) is 0 Å². The van der Waals surface area contributed by atoms with E-state index in [0.717, 1.165) is 18.7 Å². The van der Waals surface area contributed by atoms with E-state index in [1.165, 1.54) is 17.7 Å². The number of aromatic nitrogens is 2. The molecule has 0 unspecified atom stereocenters. The van der Waals surface area contributed by atoms with Crippen molar-refractivity contribution < 1.29 is 4.79 Å². The Morgan fingerprint density at radius 3 is 2.59 bits per heavy atom. The van der Waals surface area contributed by atoms with Crippen molar-refractivity contribution in [3.63, 3.8) is 0 Å². The third-order valence-electron chi connectivity index (χ3n) is 4.87. The molecule has 1 aliphatic rings. The van der Waals surface area contributed by atoms with Crippen LogP contribution in [0.3, 0.4) is 0 Å². The molecule has 22 heavy (non-hydrogen) atoms. The number of carbonyl (C=O) groups excluding carboxylic acids is 1. The standard InChI is InChI=1S/C17H30N4O/c1-12(2)21-14(4)16(13(3)18-21)11-20(6)17(22)10-15-8-7-9-19(15)5/h12,15H,7-11H2,1-6H3/t15-/m0/s1. The van der Waals surface area contributed by atoms with Gasteiger partial charge in [-0.05, 0) is 54.1 Å². The molecule has 1 atom stereocenters. The van der Waals surface area contributed by atoms with Gasteiger partial charge in [-0.1, -0.05) is 0 Å². The molecule has 0 aromatic carbocycles. The SMILES string of the molecule is Cc1nn(C(C)C)c(C)c1CN(C)C(=O)C[C@@H]1CCCN1C. The summed E-state index contributed by atoms with van der Waals surface area (Å²) in [4.78, 5) is 16.6. The van der Waals surface area contributed by atoms with Gasteiger partial charge in [-0.25, -0.2) is 0 Å². The van der Waals surface area contributed by atoms with E-state index in [2.05, 4.69) is 37.8 Å². The lowest BCUT2D eigenvalue weighted by Crippen LogP contribution is -2.34. The molecular weight excluding hydrogens is 276 g/mol. The van der Waals surface area contributed by atoms with Crippen LogP contribution in [0.15, 0.2) is 0 Å². The maximum absolute atomic E-state index is 12.5. The van der Waals surface area contributed by atoms with Crippen molar-refractivity contribution in [2.75, 3.05) is 20.6 Å². The summed E-state index contributed by atoms with van der Waals surface area (Å²) in [5, 5.41) is 4.61. The van der Waals surface area contributed by atoms with Crippen molar-refractivity contribution in [3.05, 3.63) is 17.0 Å². The molecule has 0 N–H and O–H groups in total. The Hall–Kier alpha value is -1.36. The summed E-state index contributed by atoms with van der Waals surface area (Å²) in [6.45, 7) is 10.2. The first kappa shape index (κ1) is 17.0. The van der Waals surface area contributed by atoms with Crippen LogP contribution in [0.2, 0.25) is 0 Å². The van der Waals surface area contributed by atoms with Gasteiger partial charge in [0.15, 0.2) is 0 Å². The minimum atomic E-state index is 0.231. The molecule has 1 saturated heterocycles. The maximum atomic E-state index is 12.5. The van der Waals surface area contributed by atoms with Gasteiger partial charge >= 0.3 is 0 Å². The number of hydrogen-bond acceptors (Lipinski definition) is 3. The number of carbonyl (C=O) groups is 1. The second-order valence-corrected chi connectivity index (χ2v) is 6.92. The molecule has 1 aromatic heterocycles. The summed E-state index contributed by atoms with van der Waals surface area (Å²) in [7, 11) is 4.02. The van der Waals surface area contributed by atoms with E-state index in [1.807, 2.05) is 23.6 Å². The molecule has 0 radical (unpaired) electrons. The van der Waals surface area contributed by atoms with Gasteiger partial charge in [-0.3, -0.25) is 9.48 Å². The Bertz CT molecular complexity index is 535. The maximum Gasteiger partial charge on any atom is 0.224 e. The van der Waals surface area contributed by atoms with Gasteiger partial charge in [0.25, 0.3) is 0 Å².